The third-order valence-electron chi connectivity index (χ3n) is 4.52. The van der Waals surface area contributed by atoms with Gasteiger partial charge in [-0.25, -0.2) is 8.42 Å². The number of hydrogen-bond donors (Lipinski definition) is 2. The number of nitrogens with zero attached hydrogens (tertiary/aromatic N) is 1. The molecule has 0 bridgehead atoms. The number of hydrogen-bond acceptors (Lipinski definition) is 4. The minimum Gasteiger partial charge on any atom is -0.355 e. The normalized spacial score (nSPS) is 15.5. The highest BCUT2D eigenvalue weighted by Crippen LogP contribution is 2.20. The molecule has 8 heteroatoms. The predicted molar refractivity (Wildman–Crippen MR) is 104 cm³/mol. The minimum atomic E-state index is -3.51. The summed E-state index contributed by atoms with van der Waals surface area (Å²) in [4.78, 5) is 24.0. The molecule has 0 aromatic heterocycles. The highest BCUT2D eigenvalue weighted by atomic mass is 32.2. The zero-order valence-corrected chi connectivity index (χ0v) is 16.8. The van der Waals surface area contributed by atoms with Crippen molar-refractivity contribution in [3.05, 3.63) is 29.8 Å². The molecule has 2 rings (SSSR count). The summed E-state index contributed by atoms with van der Waals surface area (Å²) in [6.45, 7) is 5.69. The quantitative estimate of drug-likeness (QED) is 0.701. The number of piperidine rings is 1. The van der Waals surface area contributed by atoms with E-state index >= 15 is 0 Å². The molecule has 150 valence electrons. The van der Waals surface area contributed by atoms with Crippen molar-refractivity contribution in [2.75, 3.05) is 26.2 Å². The standard InChI is InChI=1S/C19H29N3O4S/c1-15(2)10-11-20-18(23)14-21-19(24)16-6-8-17(9-7-16)27(25,26)22-12-4-3-5-13-22/h6-9,15H,3-5,10-14H2,1-2H3,(H,20,23)(H,21,24). The van der Waals surface area contributed by atoms with E-state index in [2.05, 4.69) is 24.5 Å². The van der Waals surface area contributed by atoms with Crippen LogP contribution in [0.15, 0.2) is 29.2 Å². The lowest BCUT2D eigenvalue weighted by Gasteiger charge is -2.25. The SMILES string of the molecule is CC(C)CCNC(=O)CNC(=O)c1ccc(S(=O)(=O)N2CCCCC2)cc1. The molecular weight excluding hydrogens is 366 g/mol. The van der Waals surface area contributed by atoms with Gasteiger partial charge in [0.1, 0.15) is 0 Å². The van der Waals surface area contributed by atoms with E-state index in [-0.39, 0.29) is 17.3 Å². The Morgan fingerprint density at radius 2 is 1.67 bits per heavy atom. The van der Waals surface area contributed by atoms with Crippen molar-refractivity contribution in [2.24, 2.45) is 5.92 Å². The number of benzene rings is 1. The second-order valence-corrected chi connectivity index (χ2v) is 9.14. The highest BCUT2D eigenvalue weighted by Gasteiger charge is 2.25. The fourth-order valence-electron chi connectivity index (χ4n) is 2.86. The van der Waals surface area contributed by atoms with E-state index < -0.39 is 15.9 Å². The molecule has 1 saturated heterocycles. The van der Waals surface area contributed by atoms with Crippen molar-refractivity contribution < 1.29 is 18.0 Å². The van der Waals surface area contributed by atoms with Crippen LogP contribution in [-0.4, -0.2) is 50.7 Å². The van der Waals surface area contributed by atoms with Gasteiger partial charge in [0.25, 0.3) is 5.91 Å². The first kappa shape index (κ1) is 21.4. The van der Waals surface area contributed by atoms with Crippen LogP contribution in [0, 0.1) is 5.92 Å². The number of carbonyl (C=O) groups is 2. The van der Waals surface area contributed by atoms with Crippen molar-refractivity contribution in [1.82, 2.24) is 14.9 Å². The van der Waals surface area contributed by atoms with Crippen LogP contribution in [-0.2, 0) is 14.8 Å². The maximum absolute atomic E-state index is 12.6. The number of amides is 2. The van der Waals surface area contributed by atoms with E-state index in [9.17, 15) is 18.0 Å². The number of nitrogens with one attached hydrogen (secondary N) is 2. The Morgan fingerprint density at radius 3 is 2.26 bits per heavy atom. The first-order valence-corrected chi connectivity index (χ1v) is 10.9. The number of sulfonamides is 1. The van der Waals surface area contributed by atoms with E-state index in [1.165, 1.54) is 28.6 Å². The molecule has 2 N–H and O–H groups in total. The average molecular weight is 396 g/mol. The fraction of sp³-hybridized carbons (Fsp3) is 0.579. The van der Waals surface area contributed by atoms with Gasteiger partial charge >= 0.3 is 0 Å². The maximum Gasteiger partial charge on any atom is 0.251 e. The van der Waals surface area contributed by atoms with Crippen molar-refractivity contribution in [2.45, 2.75) is 44.4 Å². The topological polar surface area (TPSA) is 95.6 Å². The van der Waals surface area contributed by atoms with Crippen LogP contribution in [0.3, 0.4) is 0 Å². The fourth-order valence-corrected chi connectivity index (χ4v) is 4.38. The molecule has 0 radical (unpaired) electrons. The second-order valence-electron chi connectivity index (χ2n) is 7.20. The van der Waals surface area contributed by atoms with Gasteiger partial charge in [-0.3, -0.25) is 9.59 Å². The minimum absolute atomic E-state index is 0.106. The molecule has 27 heavy (non-hydrogen) atoms. The molecule has 1 aliphatic rings. The third-order valence-corrected chi connectivity index (χ3v) is 6.44. The Morgan fingerprint density at radius 1 is 1.04 bits per heavy atom. The summed E-state index contributed by atoms with van der Waals surface area (Å²) in [6, 6.07) is 5.84. The molecular formula is C19H29N3O4S. The summed E-state index contributed by atoms with van der Waals surface area (Å²) in [6.07, 6.45) is 3.68. The largest absolute Gasteiger partial charge is 0.355 e. The summed E-state index contributed by atoms with van der Waals surface area (Å²) in [5.74, 6) is -0.149. The molecule has 2 amide bonds. The van der Waals surface area contributed by atoms with Gasteiger partial charge in [-0.2, -0.15) is 4.31 Å². The lowest BCUT2D eigenvalue weighted by molar-refractivity contribution is -0.120. The zero-order valence-electron chi connectivity index (χ0n) is 16.0. The van der Waals surface area contributed by atoms with Gasteiger partial charge in [-0.05, 0) is 49.4 Å². The van der Waals surface area contributed by atoms with E-state index in [0.717, 1.165) is 25.7 Å². The summed E-state index contributed by atoms with van der Waals surface area (Å²) in [5, 5.41) is 5.30. The monoisotopic (exact) mass is 395 g/mol. The first-order valence-electron chi connectivity index (χ1n) is 9.46. The van der Waals surface area contributed by atoms with E-state index in [0.29, 0.717) is 31.1 Å². The van der Waals surface area contributed by atoms with Gasteiger partial charge in [0, 0.05) is 25.2 Å². The Hall–Kier alpha value is -1.93. The Kier molecular flexibility index (Phi) is 7.79. The lowest BCUT2D eigenvalue weighted by atomic mass is 10.1. The zero-order chi connectivity index (χ0) is 19.9. The van der Waals surface area contributed by atoms with Crippen molar-refractivity contribution in [3.63, 3.8) is 0 Å². The molecule has 1 aliphatic heterocycles. The molecule has 0 spiro atoms. The van der Waals surface area contributed by atoms with Crippen molar-refractivity contribution in [3.8, 4) is 0 Å². The Balaban J connectivity index is 1.88. The predicted octanol–water partition coefficient (Wildman–Crippen LogP) is 1.75. The molecule has 1 heterocycles. The molecule has 7 nitrogen and oxygen atoms in total. The van der Waals surface area contributed by atoms with Gasteiger partial charge in [0.15, 0.2) is 0 Å². The number of carbonyl (C=O) groups excluding carboxylic acids is 2. The van der Waals surface area contributed by atoms with Crippen LogP contribution >= 0.6 is 0 Å². The number of rotatable bonds is 8. The smallest absolute Gasteiger partial charge is 0.251 e. The van der Waals surface area contributed by atoms with Crippen LogP contribution in [0.25, 0.3) is 0 Å². The van der Waals surface area contributed by atoms with Gasteiger partial charge in [-0.15, -0.1) is 0 Å². The molecule has 1 fully saturated rings. The van der Waals surface area contributed by atoms with E-state index in [4.69, 9.17) is 0 Å². The Bertz CT molecular complexity index is 739. The van der Waals surface area contributed by atoms with Gasteiger partial charge in [0.05, 0.1) is 11.4 Å². The van der Waals surface area contributed by atoms with Gasteiger partial charge < -0.3 is 10.6 Å². The molecule has 0 aliphatic carbocycles. The van der Waals surface area contributed by atoms with Gasteiger partial charge in [-0.1, -0.05) is 20.3 Å². The van der Waals surface area contributed by atoms with Gasteiger partial charge in [0.2, 0.25) is 15.9 Å². The van der Waals surface area contributed by atoms with Crippen molar-refractivity contribution in [1.29, 1.82) is 0 Å². The lowest BCUT2D eigenvalue weighted by Crippen LogP contribution is -2.37. The van der Waals surface area contributed by atoms with Crippen LogP contribution in [0.2, 0.25) is 0 Å². The molecule has 0 saturated carbocycles. The summed E-state index contributed by atoms with van der Waals surface area (Å²) < 4.78 is 26.7. The molecule has 0 unspecified atom stereocenters. The first-order chi connectivity index (χ1) is 12.8. The van der Waals surface area contributed by atoms with Crippen molar-refractivity contribution >= 4 is 21.8 Å². The van der Waals surface area contributed by atoms with E-state index in [1.807, 2.05) is 0 Å². The van der Waals surface area contributed by atoms with Crippen LogP contribution in [0.1, 0.15) is 49.9 Å². The summed E-state index contributed by atoms with van der Waals surface area (Å²) in [7, 11) is -3.51. The molecule has 1 aromatic rings. The highest BCUT2D eigenvalue weighted by molar-refractivity contribution is 7.89. The maximum atomic E-state index is 12.6. The molecule has 0 atom stereocenters. The molecule has 1 aromatic carbocycles. The van der Waals surface area contributed by atoms with Crippen LogP contribution in [0.5, 0.6) is 0 Å². The second kappa shape index (κ2) is 9.85. The summed E-state index contributed by atoms with van der Waals surface area (Å²) >= 11 is 0. The summed E-state index contributed by atoms with van der Waals surface area (Å²) in [5.41, 5.74) is 0.322. The van der Waals surface area contributed by atoms with Crippen LogP contribution < -0.4 is 10.6 Å². The van der Waals surface area contributed by atoms with E-state index in [1.54, 1.807) is 0 Å². The third kappa shape index (κ3) is 6.32. The average Bonchev–Trinajstić information content (AvgIpc) is 2.66. The van der Waals surface area contributed by atoms with Crippen LogP contribution in [0.4, 0.5) is 0 Å². The Labute approximate surface area is 161 Å².